The van der Waals surface area contributed by atoms with Gasteiger partial charge in [-0.3, -0.25) is 37.3 Å². The predicted octanol–water partition coefficient (Wildman–Crippen LogP) is 20.1. The van der Waals surface area contributed by atoms with Gasteiger partial charge in [0.15, 0.2) is 12.2 Å². The molecule has 0 aromatic carbocycles. The summed E-state index contributed by atoms with van der Waals surface area (Å²) in [6.45, 7) is 7.20. The Balaban J connectivity index is 5.23. The number of unbranched alkanes of at least 4 members (excludes halogenated alkanes) is 42. The molecular weight excluding hydrogens is 1170 g/mol. The van der Waals surface area contributed by atoms with E-state index in [0.717, 1.165) is 95.8 Å². The van der Waals surface area contributed by atoms with E-state index in [2.05, 4.69) is 34.6 Å². The van der Waals surface area contributed by atoms with Gasteiger partial charge in [-0.15, -0.1) is 0 Å². The van der Waals surface area contributed by atoms with Crippen LogP contribution in [0.4, 0.5) is 0 Å². The summed E-state index contributed by atoms with van der Waals surface area (Å²) in [5, 5.41) is 10.6. The zero-order valence-electron chi connectivity index (χ0n) is 57.6. The van der Waals surface area contributed by atoms with Gasteiger partial charge in [0.05, 0.1) is 26.4 Å². The maximum absolute atomic E-state index is 13.0. The number of carbonyl (C=O) groups excluding carboxylic acids is 4. The summed E-state index contributed by atoms with van der Waals surface area (Å²) >= 11 is 0. The van der Waals surface area contributed by atoms with E-state index in [-0.39, 0.29) is 25.7 Å². The number of hydrogen-bond donors (Lipinski definition) is 3. The Bertz CT molecular complexity index is 1720. The topological polar surface area (TPSA) is 237 Å². The van der Waals surface area contributed by atoms with Gasteiger partial charge in [-0.2, -0.15) is 0 Å². The van der Waals surface area contributed by atoms with Crippen molar-refractivity contribution in [1.29, 1.82) is 0 Å². The number of rotatable bonds is 70. The lowest BCUT2D eigenvalue weighted by Gasteiger charge is -2.21. The summed E-state index contributed by atoms with van der Waals surface area (Å²) < 4.78 is 68.3. The van der Waals surface area contributed by atoms with Crippen LogP contribution in [-0.2, 0) is 65.4 Å². The second-order valence-corrected chi connectivity index (χ2v) is 28.7. The first-order valence-corrected chi connectivity index (χ1v) is 39.6. The molecule has 0 aromatic rings. The SMILES string of the molecule is CCCCCCCCCCCCCCCCCCC(=O)O[C@H](COC(=O)CCCCCCCCCCCCCC)COP(=O)(O)OC[C@@H](O)COP(=O)(O)OC[C@@H](COC(=O)CCCCCCCCCCCC)OC(=O)CCCCCCCCCCC(C)C. The van der Waals surface area contributed by atoms with Gasteiger partial charge in [-0.25, -0.2) is 9.13 Å². The fraction of sp³-hybridized carbons (Fsp3) is 0.943. The van der Waals surface area contributed by atoms with Crippen LogP contribution in [0.1, 0.15) is 362 Å². The minimum atomic E-state index is -4.95. The molecule has 0 saturated heterocycles. The monoisotopic (exact) mass is 1310 g/mol. The van der Waals surface area contributed by atoms with Gasteiger partial charge in [0.25, 0.3) is 0 Å². The molecule has 0 bridgehead atoms. The molecule has 2 unspecified atom stereocenters. The van der Waals surface area contributed by atoms with Gasteiger partial charge < -0.3 is 33.8 Å². The number of aliphatic hydroxyl groups excluding tert-OH is 1. The Morgan fingerprint density at radius 1 is 0.303 bits per heavy atom. The molecule has 0 spiro atoms. The Hall–Kier alpha value is -1.94. The minimum absolute atomic E-state index is 0.105. The van der Waals surface area contributed by atoms with Crippen molar-refractivity contribution in [2.75, 3.05) is 39.6 Å². The third-order valence-electron chi connectivity index (χ3n) is 16.3. The molecule has 19 heteroatoms. The predicted molar refractivity (Wildman–Crippen MR) is 358 cm³/mol. The van der Waals surface area contributed by atoms with Gasteiger partial charge in [0.1, 0.15) is 19.3 Å². The second-order valence-electron chi connectivity index (χ2n) is 25.7. The van der Waals surface area contributed by atoms with Gasteiger partial charge >= 0.3 is 39.5 Å². The Morgan fingerprint density at radius 2 is 0.517 bits per heavy atom. The van der Waals surface area contributed by atoms with Crippen LogP contribution < -0.4 is 0 Å². The largest absolute Gasteiger partial charge is 0.472 e. The smallest absolute Gasteiger partial charge is 0.462 e. The van der Waals surface area contributed by atoms with E-state index in [1.807, 2.05) is 0 Å². The number of phosphoric acid groups is 2. The van der Waals surface area contributed by atoms with Crippen molar-refractivity contribution < 1.29 is 80.2 Å². The first-order valence-electron chi connectivity index (χ1n) is 36.6. The standard InChI is InChI=1S/C70H136O17P2/c1-6-9-12-15-18-21-24-26-27-28-29-31-34-40-45-50-55-69(74)86-65(59-81-68(73)54-49-44-39-33-30-25-22-19-16-13-10-7-2)61-84-88(76,77)82-57-64(71)58-83-89(78,79)85-62-66(60-80-67(72)53-48-43-38-32-23-20-17-14-11-8-3)87-70(75)56-51-46-41-36-35-37-42-47-52-63(4)5/h63-66,71H,6-62H2,1-5H3,(H,76,77)(H,78,79)/t64-,65-,66-/m1/s1. The lowest BCUT2D eigenvalue weighted by molar-refractivity contribution is -0.161. The number of ether oxygens (including phenoxy) is 4. The fourth-order valence-corrected chi connectivity index (χ4v) is 12.2. The van der Waals surface area contributed by atoms with E-state index in [4.69, 9.17) is 37.0 Å². The van der Waals surface area contributed by atoms with Crippen molar-refractivity contribution in [3.05, 3.63) is 0 Å². The number of esters is 4. The molecule has 0 heterocycles. The Morgan fingerprint density at radius 3 is 0.764 bits per heavy atom. The summed E-state index contributed by atoms with van der Waals surface area (Å²) in [4.78, 5) is 72.5. The molecule has 0 radical (unpaired) electrons. The molecular formula is C70H136O17P2. The third kappa shape index (κ3) is 64.6. The summed E-state index contributed by atoms with van der Waals surface area (Å²) in [7, 11) is -9.90. The zero-order chi connectivity index (χ0) is 65.6. The summed E-state index contributed by atoms with van der Waals surface area (Å²) in [5.41, 5.74) is 0. The average Bonchev–Trinajstić information content (AvgIpc) is 3.58. The van der Waals surface area contributed by atoms with Crippen LogP contribution >= 0.6 is 15.6 Å². The summed E-state index contributed by atoms with van der Waals surface area (Å²) in [5.74, 6) is -1.40. The molecule has 89 heavy (non-hydrogen) atoms. The van der Waals surface area contributed by atoms with E-state index in [1.54, 1.807) is 0 Å². The third-order valence-corrected chi connectivity index (χ3v) is 18.2. The normalized spacial score (nSPS) is 14.1. The maximum Gasteiger partial charge on any atom is 0.472 e. The van der Waals surface area contributed by atoms with Crippen molar-refractivity contribution in [3.8, 4) is 0 Å². The highest BCUT2D eigenvalue weighted by Crippen LogP contribution is 2.45. The van der Waals surface area contributed by atoms with E-state index < -0.39 is 97.5 Å². The highest BCUT2D eigenvalue weighted by atomic mass is 31.2. The van der Waals surface area contributed by atoms with Crippen molar-refractivity contribution in [2.45, 2.75) is 380 Å². The Labute approximate surface area is 543 Å². The second kappa shape index (κ2) is 63.5. The zero-order valence-corrected chi connectivity index (χ0v) is 59.4. The lowest BCUT2D eigenvalue weighted by atomic mass is 10.0. The van der Waals surface area contributed by atoms with E-state index in [1.165, 1.54) is 186 Å². The maximum atomic E-state index is 13.0. The number of carbonyl (C=O) groups is 4. The summed E-state index contributed by atoms with van der Waals surface area (Å²) in [6, 6.07) is 0. The number of aliphatic hydroxyl groups is 1. The van der Waals surface area contributed by atoms with Crippen LogP contribution in [0.5, 0.6) is 0 Å². The lowest BCUT2D eigenvalue weighted by Crippen LogP contribution is -2.30. The van der Waals surface area contributed by atoms with Gasteiger partial charge in [0, 0.05) is 25.7 Å². The van der Waals surface area contributed by atoms with Crippen LogP contribution in [0, 0.1) is 5.92 Å². The van der Waals surface area contributed by atoms with Gasteiger partial charge in [0.2, 0.25) is 0 Å². The van der Waals surface area contributed by atoms with Crippen LogP contribution in [-0.4, -0.2) is 96.7 Å². The van der Waals surface area contributed by atoms with Crippen LogP contribution in [0.15, 0.2) is 0 Å². The van der Waals surface area contributed by atoms with Crippen LogP contribution in [0.25, 0.3) is 0 Å². The molecule has 0 saturated carbocycles. The van der Waals surface area contributed by atoms with E-state index in [9.17, 15) is 43.2 Å². The number of hydrogen-bond acceptors (Lipinski definition) is 15. The van der Waals surface area contributed by atoms with Crippen molar-refractivity contribution >= 4 is 39.5 Å². The molecule has 0 aromatic heterocycles. The fourth-order valence-electron chi connectivity index (χ4n) is 10.6. The average molecular weight is 1310 g/mol. The molecule has 0 aliphatic carbocycles. The quantitative estimate of drug-likeness (QED) is 0.0222. The van der Waals surface area contributed by atoms with Crippen molar-refractivity contribution in [2.24, 2.45) is 5.92 Å². The highest BCUT2D eigenvalue weighted by Gasteiger charge is 2.30. The molecule has 3 N–H and O–H groups in total. The molecule has 0 amide bonds. The first kappa shape index (κ1) is 87.1. The molecule has 5 atom stereocenters. The summed E-state index contributed by atoms with van der Waals surface area (Å²) in [6.07, 6.45) is 49.9. The molecule has 17 nitrogen and oxygen atoms in total. The Kier molecular flexibility index (Phi) is 62.1. The molecule has 0 aliphatic rings. The minimum Gasteiger partial charge on any atom is -0.462 e. The highest BCUT2D eigenvalue weighted by molar-refractivity contribution is 7.47. The van der Waals surface area contributed by atoms with E-state index >= 15 is 0 Å². The van der Waals surface area contributed by atoms with E-state index in [0.29, 0.717) is 25.7 Å². The van der Waals surface area contributed by atoms with Gasteiger partial charge in [-0.05, 0) is 31.6 Å². The van der Waals surface area contributed by atoms with Crippen molar-refractivity contribution in [3.63, 3.8) is 0 Å². The van der Waals surface area contributed by atoms with Crippen molar-refractivity contribution in [1.82, 2.24) is 0 Å². The number of phosphoric ester groups is 2. The molecule has 0 rings (SSSR count). The van der Waals surface area contributed by atoms with Crippen LogP contribution in [0.3, 0.4) is 0 Å². The molecule has 0 aliphatic heterocycles. The molecule has 0 fully saturated rings. The first-order chi connectivity index (χ1) is 43.0. The van der Waals surface area contributed by atoms with Gasteiger partial charge in [-0.1, -0.05) is 311 Å². The molecule has 528 valence electrons. The van der Waals surface area contributed by atoms with Crippen LogP contribution in [0.2, 0.25) is 0 Å².